The molecule has 0 heterocycles. The van der Waals surface area contributed by atoms with Gasteiger partial charge in [-0.05, 0) is 19.1 Å². The first-order valence-corrected chi connectivity index (χ1v) is 8.83. The predicted molar refractivity (Wildman–Crippen MR) is 95.9 cm³/mol. The van der Waals surface area contributed by atoms with Crippen molar-refractivity contribution in [3.63, 3.8) is 0 Å². The second-order valence-corrected chi connectivity index (χ2v) is 8.48. The van der Waals surface area contributed by atoms with Crippen LogP contribution in [-0.2, 0) is 0 Å². The molecule has 0 unspecified atom stereocenters. The number of aryl methyl sites for hydroxylation is 1. The molecule has 0 saturated carbocycles. The Morgan fingerprint density at radius 2 is 1.76 bits per heavy atom. The summed E-state index contributed by atoms with van der Waals surface area (Å²) in [7, 11) is 1.59. The van der Waals surface area contributed by atoms with Gasteiger partial charge in [-0.25, -0.2) is 0 Å². The molecular formula is C16H13Br3O2. The molecule has 0 N–H and O–H groups in total. The summed E-state index contributed by atoms with van der Waals surface area (Å²) in [6, 6.07) is 11.2. The average Bonchev–Trinajstić information content (AvgIpc) is 2.47. The molecule has 21 heavy (non-hydrogen) atoms. The van der Waals surface area contributed by atoms with Crippen LogP contribution in [0, 0.1) is 6.92 Å². The second kappa shape index (κ2) is 7.07. The number of alkyl halides is 2. The summed E-state index contributed by atoms with van der Waals surface area (Å²) in [5.41, 5.74) is 3.29. The van der Waals surface area contributed by atoms with Crippen molar-refractivity contribution in [2.75, 3.05) is 7.11 Å². The van der Waals surface area contributed by atoms with Crippen LogP contribution < -0.4 is 4.74 Å². The van der Waals surface area contributed by atoms with Crippen molar-refractivity contribution in [3.8, 4) is 5.75 Å². The maximum absolute atomic E-state index is 12.6. The number of carbonyl (C=O) groups excluding carboxylic acids is 1. The van der Waals surface area contributed by atoms with Crippen molar-refractivity contribution in [3.05, 3.63) is 63.1 Å². The van der Waals surface area contributed by atoms with E-state index >= 15 is 0 Å². The highest BCUT2D eigenvalue weighted by molar-refractivity contribution is 9.24. The molecule has 0 bridgehead atoms. The molecule has 0 amide bonds. The molecule has 2 rings (SSSR count). The van der Waals surface area contributed by atoms with E-state index < -0.39 is 0 Å². The molecule has 0 atom stereocenters. The average molecular weight is 477 g/mol. The van der Waals surface area contributed by atoms with Crippen LogP contribution in [0.1, 0.15) is 30.8 Å². The fraction of sp³-hybridized carbons (Fsp3) is 0.188. The van der Waals surface area contributed by atoms with Crippen LogP contribution in [-0.4, -0.2) is 12.9 Å². The number of rotatable bonds is 4. The fourth-order valence-corrected chi connectivity index (χ4v) is 3.21. The van der Waals surface area contributed by atoms with E-state index in [1.165, 1.54) is 0 Å². The molecule has 0 aliphatic heterocycles. The molecule has 110 valence electrons. The lowest BCUT2D eigenvalue weighted by atomic mass is 10.0. The van der Waals surface area contributed by atoms with Crippen LogP contribution in [0.3, 0.4) is 0 Å². The minimum absolute atomic E-state index is 0.0348. The first-order chi connectivity index (χ1) is 9.93. The van der Waals surface area contributed by atoms with E-state index in [9.17, 15) is 4.79 Å². The summed E-state index contributed by atoms with van der Waals surface area (Å²) in [4.78, 5) is 12.6. The van der Waals surface area contributed by atoms with Gasteiger partial charge < -0.3 is 4.74 Å². The molecule has 0 spiro atoms. The van der Waals surface area contributed by atoms with Crippen molar-refractivity contribution in [2.45, 2.75) is 10.7 Å². The zero-order valence-corrected chi connectivity index (χ0v) is 16.2. The smallest absolute Gasteiger partial charge is 0.194 e. The van der Waals surface area contributed by atoms with Crippen molar-refractivity contribution in [2.24, 2.45) is 0 Å². The molecule has 0 aromatic heterocycles. The number of benzene rings is 2. The van der Waals surface area contributed by atoms with Gasteiger partial charge in [-0.15, -0.1) is 0 Å². The van der Waals surface area contributed by atoms with Crippen LogP contribution in [0.5, 0.6) is 5.75 Å². The third-order valence-electron chi connectivity index (χ3n) is 3.11. The number of ether oxygens (including phenoxy) is 1. The largest absolute Gasteiger partial charge is 0.496 e. The van der Waals surface area contributed by atoms with Crippen LogP contribution in [0.4, 0.5) is 0 Å². The predicted octanol–water partition coefficient (Wildman–Crippen LogP) is 5.79. The maximum Gasteiger partial charge on any atom is 0.194 e. The van der Waals surface area contributed by atoms with Gasteiger partial charge in [-0.1, -0.05) is 77.6 Å². The number of hydrogen-bond donors (Lipinski definition) is 0. The second-order valence-electron chi connectivity index (χ2n) is 4.57. The first-order valence-electron chi connectivity index (χ1n) is 6.21. The number of halogens is 3. The maximum atomic E-state index is 12.6. The van der Waals surface area contributed by atoms with Crippen LogP contribution in [0.25, 0.3) is 0 Å². The SMILES string of the molecule is COc1cc(C(=O)c2ccc(C)cc2)c(Br)cc1C(Br)Br. The van der Waals surface area contributed by atoms with Gasteiger partial charge in [-0.2, -0.15) is 0 Å². The summed E-state index contributed by atoms with van der Waals surface area (Å²) in [5, 5.41) is 0. The summed E-state index contributed by atoms with van der Waals surface area (Å²) in [5.74, 6) is 0.625. The van der Waals surface area contributed by atoms with Gasteiger partial charge in [0.05, 0.1) is 10.8 Å². The van der Waals surface area contributed by atoms with Gasteiger partial charge in [0, 0.05) is 21.2 Å². The number of methoxy groups -OCH3 is 1. The third kappa shape index (κ3) is 3.76. The first kappa shape index (κ1) is 16.7. The molecule has 0 radical (unpaired) electrons. The van der Waals surface area contributed by atoms with E-state index in [1.54, 1.807) is 13.2 Å². The van der Waals surface area contributed by atoms with Crippen molar-refractivity contribution < 1.29 is 9.53 Å². The van der Waals surface area contributed by atoms with Crippen molar-refractivity contribution in [1.82, 2.24) is 0 Å². The van der Waals surface area contributed by atoms with Gasteiger partial charge >= 0.3 is 0 Å². The highest BCUT2D eigenvalue weighted by Crippen LogP contribution is 2.39. The molecule has 5 heteroatoms. The Labute approximate surface area is 149 Å². The Balaban J connectivity index is 2.48. The molecular weight excluding hydrogens is 464 g/mol. The molecule has 2 aromatic rings. The number of ketones is 1. The Kier molecular flexibility index (Phi) is 5.63. The Morgan fingerprint density at radius 1 is 1.14 bits per heavy atom. The van der Waals surface area contributed by atoms with Gasteiger partial charge in [0.2, 0.25) is 0 Å². The third-order valence-corrected chi connectivity index (χ3v) is 4.76. The lowest BCUT2D eigenvalue weighted by molar-refractivity contribution is 0.103. The highest BCUT2D eigenvalue weighted by Gasteiger charge is 2.18. The molecule has 0 aliphatic rings. The lowest BCUT2D eigenvalue weighted by Gasteiger charge is -2.13. The van der Waals surface area contributed by atoms with E-state index in [-0.39, 0.29) is 9.52 Å². The zero-order chi connectivity index (χ0) is 15.6. The molecule has 2 nitrogen and oxygen atoms in total. The van der Waals surface area contributed by atoms with E-state index in [4.69, 9.17) is 4.74 Å². The quantitative estimate of drug-likeness (QED) is 0.412. The minimum atomic E-state index is -0.0419. The molecule has 0 aliphatic carbocycles. The normalized spacial score (nSPS) is 10.8. The summed E-state index contributed by atoms with van der Waals surface area (Å²) >= 11 is 10.4. The van der Waals surface area contributed by atoms with E-state index in [2.05, 4.69) is 47.8 Å². The van der Waals surface area contributed by atoms with Crippen LogP contribution >= 0.6 is 47.8 Å². The van der Waals surface area contributed by atoms with Gasteiger partial charge in [0.25, 0.3) is 0 Å². The topological polar surface area (TPSA) is 26.3 Å². The lowest BCUT2D eigenvalue weighted by Crippen LogP contribution is -2.04. The minimum Gasteiger partial charge on any atom is -0.496 e. The Hall–Kier alpha value is -0.650. The van der Waals surface area contributed by atoms with Crippen molar-refractivity contribution >= 4 is 53.6 Å². The standard InChI is InChI=1S/C16H13Br3O2/c1-9-3-5-10(6-4-9)15(20)11-8-14(21-2)12(16(18)19)7-13(11)17/h3-8,16H,1-2H3. The highest BCUT2D eigenvalue weighted by atomic mass is 79.9. The van der Waals surface area contributed by atoms with E-state index in [0.29, 0.717) is 16.9 Å². The van der Waals surface area contributed by atoms with E-state index in [0.717, 1.165) is 15.6 Å². The van der Waals surface area contributed by atoms with Gasteiger partial charge in [-0.3, -0.25) is 4.79 Å². The fourth-order valence-electron chi connectivity index (χ4n) is 1.95. The molecule has 0 saturated heterocycles. The van der Waals surface area contributed by atoms with Gasteiger partial charge in [0.15, 0.2) is 5.78 Å². The summed E-state index contributed by atoms with van der Waals surface area (Å²) < 4.78 is 6.08. The molecule has 2 aromatic carbocycles. The summed E-state index contributed by atoms with van der Waals surface area (Å²) in [6.07, 6.45) is 0. The number of carbonyl (C=O) groups is 1. The van der Waals surface area contributed by atoms with Crippen LogP contribution in [0.15, 0.2) is 40.9 Å². The monoisotopic (exact) mass is 474 g/mol. The van der Waals surface area contributed by atoms with E-state index in [1.807, 2.05) is 37.3 Å². The van der Waals surface area contributed by atoms with Gasteiger partial charge in [0.1, 0.15) is 5.75 Å². The Bertz CT molecular complexity index is 664. The summed E-state index contributed by atoms with van der Waals surface area (Å²) in [6.45, 7) is 1.99. The van der Waals surface area contributed by atoms with Crippen LogP contribution in [0.2, 0.25) is 0 Å². The zero-order valence-electron chi connectivity index (χ0n) is 11.5. The number of hydrogen-bond acceptors (Lipinski definition) is 2. The Morgan fingerprint density at radius 3 is 2.29 bits per heavy atom. The molecule has 0 fully saturated rings. The van der Waals surface area contributed by atoms with Crippen molar-refractivity contribution in [1.29, 1.82) is 0 Å².